The van der Waals surface area contributed by atoms with Gasteiger partial charge in [-0.1, -0.05) is 24.6 Å². The minimum atomic E-state index is -0.202. The van der Waals surface area contributed by atoms with Crippen LogP contribution in [-0.2, 0) is 17.6 Å². The molecule has 1 aromatic heterocycles. The van der Waals surface area contributed by atoms with Crippen molar-refractivity contribution in [3.8, 4) is 0 Å². The van der Waals surface area contributed by atoms with Crippen LogP contribution in [0.3, 0.4) is 0 Å². The molecule has 0 atom stereocenters. The van der Waals surface area contributed by atoms with Gasteiger partial charge in [0.25, 0.3) is 0 Å². The Labute approximate surface area is 137 Å². The maximum atomic E-state index is 10.8. The maximum absolute atomic E-state index is 10.8. The van der Waals surface area contributed by atoms with Crippen LogP contribution in [0.2, 0.25) is 0 Å². The predicted octanol–water partition coefficient (Wildman–Crippen LogP) is 3.57. The highest BCUT2D eigenvalue weighted by Gasteiger charge is 2.17. The number of benzene rings is 1. The Morgan fingerprint density at radius 1 is 1.13 bits per heavy atom. The molecule has 0 bridgehead atoms. The number of nitrogens with two attached hydrogens (primary N) is 1. The van der Waals surface area contributed by atoms with Gasteiger partial charge in [0.1, 0.15) is 0 Å². The first-order valence-electron chi connectivity index (χ1n) is 8.68. The van der Waals surface area contributed by atoms with E-state index >= 15 is 0 Å². The highest BCUT2D eigenvalue weighted by Crippen LogP contribution is 2.33. The number of hydrogen-bond donors (Lipinski definition) is 2. The van der Waals surface area contributed by atoms with Crippen molar-refractivity contribution in [2.24, 2.45) is 5.73 Å². The normalized spacial score (nSPS) is 13.7. The Morgan fingerprint density at radius 2 is 1.96 bits per heavy atom. The molecule has 0 spiro atoms. The van der Waals surface area contributed by atoms with Crippen molar-refractivity contribution in [1.82, 2.24) is 4.98 Å². The summed E-state index contributed by atoms with van der Waals surface area (Å²) in [6, 6.07) is 8.39. The van der Waals surface area contributed by atoms with Crippen molar-refractivity contribution in [1.29, 1.82) is 0 Å². The number of hydrogen-bond acceptors (Lipinski definition) is 3. The average Bonchev–Trinajstić information content (AvgIpc) is 2.56. The predicted molar refractivity (Wildman–Crippen MR) is 94.5 cm³/mol. The van der Waals surface area contributed by atoms with E-state index in [4.69, 9.17) is 10.7 Å². The summed E-state index contributed by atoms with van der Waals surface area (Å²) in [6.07, 6.45) is 8.16. The molecular formula is C19H25N3O. The molecule has 23 heavy (non-hydrogen) atoms. The maximum Gasteiger partial charge on any atom is 0.217 e. The van der Waals surface area contributed by atoms with E-state index in [1.165, 1.54) is 35.2 Å². The van der Waals surface area contributed by atoms with Crippen molar-refractivity contribution in [3.05, 3.63) is 35.5 Å². The van der Waals surface area contributed by atoms with Crippen molar-refractivity contribution >= 4 is 22.5 Å². The first-order valence-corrected chi connectivity index (χ1v) is 8.68. The van der Waals surface area contributed by atoms with Gasteiger partial charge in [0, 0.05) is 29.7 Å². The quantitative estimate of drug-likeness (QED) is 0.768. The number of amides is 1. The summed E-state index contributed by atoms with van der Waals surface area (Å²) >= 11 is 0. The Bertz CT molecular complexity index is 696. The second-order valence-electron chi connectivity index (χ2n) is 6.34. The molecule has 0 unspecified atom stereocenters. The van der Waals surface area contributed by atoms with Crippen molar-refractivity contribution in [2.75, 3.05) is 11.9 Å². The van der Waals surface area contributed by atoms with Gasteiger partial charge < -0.3 is 11.1 Å². The summed E-state index contributed by atoms with van der Waals surface area (Å²) in [5.41, 5.74) is 10.2. The fourth-order valence-electron chi connectivity index (χ4n) is 3.39. The summed E-state index contributed by atoms with van der Waals surface area (Å²) in [7, 11) is 0. The number of aryl methyl sites for hydroxylation is 1. The Kier molecular flexibility index (Phi) is 5.11. The number of para-hydroxylation sites is 1. The standard InChI is InChI=1S/C19H25N3O/c20-18(23)12-2-1-7-13-21-19-14-8-3-5-10-16(14)22-17-11-6-4-9-15(17)19/h3,5,8,10H,1-2,4,6-7,9,11-13H2,(H2,20,23)(H,21,22). The van der Waals surface area contributed by atoms with E-state index in [-0.39, 0.29) is 5.91 Å². The molecule has 0 radical (unpaired) electrons. The van der Waals surface area contributed by atoms with E-state index in [1.54, 1.807) is 0 Å². The number of nitrogens with one attached hydrogen (secondary N) is 1. The molecule has 122 valence electrons. The lowest BCUT2D eigenvalue weighted by molar-refractivity contribution is -0.118. The topological polar surface area (TPSA) is 68.0 Å². The summed E-state index contributed by atoms with van der Waals surface area (Å²) in [5, 5.41) is 4.87. The zero-order valence-corrected chi connectivity index (χ0v) is 13.6. The Balaban J connectivity index is 1.72. The number of fused-ring (bicyclic) bond motifs is 2. The zero-order valence-electron chi connectivity index (χ0n) is 13.6. The number of carbonyl (C=O) groups is 1. The van der Waals surface area contributed by atoms with Crippen LogP contribution in [-0.4, -0.2) is 17.4 Å². The van der Waals surface area contributed by atoms with E-state index in [0.29, 0.717) is 6.42 Å². The van der Waals surface area contributed by atoms with Crippen molar-refractivity contribution in [3.63, 3.8) is 0 Å². The van der Waals surface area contributed by atoms with Gasteiger partial charge in [-0.3, -0.25) is 9.78 Å². The SMILES string of the molecule is NC(=O)CCCCCNc1c2c(nc3ccccc13)CCCC2. The molecule has 0 saturated heterocycles. The van der Waals surface area contributed by atoms with Crippen LogP contribution in [0.4, 0.5) is 5.69 Å². The van der Waals surface area contributed by atoms with E-state index in [0.717, 1.165) is 44.2 Å². The molecule has 3 N–H and O–H groups in total. The van der Waals surface area contributed by atoms with Gasteiger partial charge in [0.2, 0.25) is 5.91 Å². The molecule has 0 fully saturated rings. The van der Waals surface area contributed by atoms with E-state index < -0.39 is 0 Å². The lowest BCUT2D eigenvalue weighted by Gasteiger charge is -2.21. The van der Waals surface area contributed by atoms with Crippen LogP contribution in [0.15, 0.2) is 24.3 Å². The molecule has 2 aromatic rings. The van der Waals surface area contributed by atoms with Crippen LogP contribution >= 0.6 is 0 Å². The number of rotatable bonds is 7. The molecule has 4 heteroatoms. The van der Waals surface area contributed by atoms with Gasteiger partial charge in [-0.15, -0.1) is 0 Å². The monoisotopic (exact) mass is 311 g/mol. The molecule has 1 amide bonds. The lowest BCUT2D eigenvalue weighted by atomic mass is 9.92. The number of carbonyl (C=O) groups excluding carboxylic acids is 1. The van der Waals surface area contributed by atoms with Gasteiger partial charge in [-0.25, -0.2) is 0 Å². The smallest absolute Gasteiger partial charge is 0.217 e. The highest BCUT2D eigenvalue weighted by atomic mass is 16.1. The molecule has 3 rings (SSSR count). The third kappa shape index (κ3) is 3.81. The highest BCUT2D eigenvalue weighted by molar-refractivity contribution is 5.93. The van der Waals surface area contributed by atoms with Gasteiger partial charge >= 0.3 is 0 Å². The molecular weight excluding hydrogens is 286 g/mol. The minimum Gasteiger partial charge on any atom is -0.384 e. The van der Waals surface area contributed by atoms with Crippen molar-refractivity contribution < 1.29 is 4.79 Å². The average molecular weight is 311 g/mol. The molecule has 0 saturated carbocycles. The summed E-state index contributed by atoms with van der Waals surface area (Å²) in [6.45, 7) is 0.930. The zero-order chi connectivity index (χ0) is 16.1. The van der Waals surface area contributed by atoms with E-state index in [2.05, 4.69) is 29.6 Å². The molecule has 0 aliphatic heterocycles. The molecule has 1 aromatic carbocycles. The van der Waals surface area contributed by atoms with Crippen LogP contribution in [0, 0.1) is 0 Å². The van der Waals surface area contributed by atoms with Crippen LogP contribution in [0.1, 0.15) is 49.8 Å². The second-order valence-corrected chi connectivity index (χ2v) is 6.34. The Morgan fingerprint density at radius 3 is 2.83 bits per heavy atom. The van der Waals surface area contributed by atoms with E-state index in [1.807, 2.05) is 0 Å². The summed E-state index contributed by atoms with van der Waals surface area (Å²) in [4.78, 5) is 15.6. The fourth-order valence-corrected chi connectivity index (χ4v) is 3.39. The first kappa shape index (κ1) is 15.8. The molecule has 1 heterocycles. The molecule has 4 nitrogen and oxygen atoms in total. The summed E-state index contributed by atoms with van der Waals surface area (Å²) < 4.78 is 0. The Hall–Kier alpha value is -2.10. The first-order chi connectivity index (χ1) is 11.3. The van der Waals surface area contributed by atoms with Crippen LogP contribution < -0.4 is 11.1 Å². The van der Waals surface area contributed by atoms with Gasteiger partial charge in [-0.05, 0) is 50.2 Å². The second kappa shape index (κ2) is 7.44. The van der Waals surface area contributed by atoms with Gasteiger partial charge in [0.05, 0.1) is 5.52 Å². The number of primary amides is 1. The van der Waals surface area contributed by atoms with Gasteiger partial charge in [0.15, 0.2) is 0 Å². The number of unbranched alkanes of at least 4 members (excludes halogenated alkanes) is 2. The minimum absolute atomic E-state index is 0.202. The van der Waals surface area contributed by atoms with Crippen molar-refractivity contribution in [2.45, 2.75) is 51.4 Å². The number of anilines is 1. The number of nitrogens with zero attached hydrogens (tertiary/aromatic N) is 1. The van der Waals surface area contributed by atoms with Crippen LogP contribution in [0.25, 0.3) is 10.9 Å². The number of pyridine rings is 1. The molecule has 1 aliphatic carbocycles. The third-order valence-electron chi connectivity index (χ3n) is 4.57. The molecule has 1 aliphatic rings. The largest absolute Gasteiger partial charge is 0.384 e. The van der Waals surface area contributed by atoms with Crippen LogP contribution in [0.5, 0.6) is 0 Å². The fraction of sp³-hybridized carbons (Fsp3) is 0.474. The summed E-state index contributed by atoms with van der Waals surface area (Å²) in [5.74, 6) is -0.202. The van der Waals surface area contributed by atoms with Gasteiger partial charge in [-0.2, -0.15) is 0 Å². The number of aromatic nitrogens is 1. The lowest BCUT2D eigenvalue weighted by Crippen LogP contribution is -2.12. The van der Waals surface area contributed by atoms with E-state index in [9.17, 15) is 4.79 Å². The third-order valence-corrected chi connectivity index (χ3v) is 4.57.